The van der Waals surface area contributed by atoms with Crippen LogP contribution in [0.4, 0.5) is 0 Å². The first-order chi connectivity index (χ1) is 24.4. The fraction of sp³-hybridized carbons (Fsp3) is 0.878. The molecule has 0 radical (unpaired) electrons. The molecule has 3 rings (SSSR count). The Bertz CT molecular complexity index is 938. The summed E-state index contributed by atoms with van der Waals surface area (Å²) in [5.74, 6) is -0.386. The molecule has 0 aliphatic heterocycles. The van der Waals surface area contributed by atoms with Gasteiger partial charge in [0.1, 0.15) is 6.10 Å². The van der Waals surface area contributed by atoms with Crippen molar-refractivity contribution in [2.45, 2.75) is 180 Å². The molecule has 3 atom stereocenters. The summed E-state index contributed by atoms with van der Waals surface area (Å²) in [5.41, 5.74) is 0. The van der Waals surface area contributed by atoms with Crippen LogP contribution < -0.4 is 0 Å². The number of esters is 3. The molecule has 0 saturated heterocycles. The van der Waals surface area contributed by atoms with Crippen LogP contribution in [0.15, 0.2) is 12.7 Å². The van der Waals surface area contributed by atoms with Gasteiger partial charge in [-0.15, -0.1) is 0 Å². The highest BCUT2D eigenvalue weighted by atomic mass is 16.6. The molecule has 0 heterocycles. The number of carbonyl (C=O) groups excluding carboxylic acids is 3. The molecular weight excluding hydrogens is 636 g/mol. The minimum Gasteiger partial charge on any atom is -0.465 e. The largest absolute Gasteiger partial charge is 0.465 e. The third-order valence-corrected chi connectivity index (χ3v) is 10.8. The van der Waals surface area contributed by atoms with Gasteiger partial charge >= 0.3 is 17.9 Å². The second-order valence-corrected chi connectivity index (χ2v) is 15.1. The van der Waals surface area contributed by atoms with Crippen molar-refractivity contribution in [3.05, 3.63) is 12.7 Å². The average molecular weight is 707 g/mol. The Morgan fingerprint density at radius 1 is 0.580 bits per heavy atom. The van der Waals surface area contributed by atoms with Gasteiger partial charge in [0.15, 0.2) is 0 Å². The van der Waals surface area contributed by atoms with E-state index in [0.717, 1.165) is 109 Å². The lowest BCUT2D eigenvalue weighted by Gasteiger charge is -2.35. The lowest BCUT2D eigenvalue weighted by molar-refractivity contribution is -0.170. The van der Waals surface area contributed by atoms with Crippen LogP contribution in [-0.4, -0.2) is 75.4 Å². The molecule has 288 valence electrons. The van der Waals surface area contributed by atoms with E-state index in [2.05, 4.69) is 20.4 Å². The van der Waals surface area contributed by atoms with Gasteiger partial charge in [-0.2, -0.15) is 0 Å². The summed E-state index contributed by atoms with van der Waals surface area (Å²) in [6.45, 7) is 10.9. The summed E-state index contributed by atoms with van der Waals surface area (Å²) >= 11 is 0. The van der Waals surface area contributed by atoms with E-state index in [4.69, 9.17) is 28.4 Å². The Hall–Kier alpha value is -1.97. The van der Waals surface area contributed by atoms with Gasteiger partial charge in [0.05, 0.1) is 43.4 Å². The van der Waals surface area contributed by atoms with Crippen molar-refractivity contribution in [3.8, 4) is 0 Å². The molecule has 3 saturated carbocycles. The van der Waals surface area contributed by atoms with Gasteiger partial charge in [-0.05, 0) is 109 Å². The Morgan fingerprint density at radius 2 is 1.10 bits per heavy atom. The quantitative estimate of drug-likeness (QED) is 0.0398. The third kappa shape index (κ3) is 17.5. The van der Waals surface area contributed by atoms with Crippen molar-refractivity contribution >= 4 is 17.9 Å². The summed E-state index contributed by atoms with van der Waals surface area (Å²) in [7, 11) is 0. The maximum absolute atomic E-state index is 13.2. The van der Waals surface area contributed by atoms with E-state index >= 15 is 0 Å². The maximum Gasteiger partial charge on any atom is 0.330 e. The fourth-order valence-corrected chi connectivity index (χ4v) is 7.49. The molecule has 50 heavy (non-hydrogen) atoms. The molecule has 3 fully saturated rings. The molecular formula is C41H70O9. The lowest BCUT2D eigenvalue weighted by Crippen LogP contribution is -2.42. The number of rotatable bonds is 25. The van der Waals surface area contributed by atoms with E-state index in [1.54, 1.807) is 0 Å². The first-order valence-electron chi connectivity index (χ1n) is 20.4. The van der Waals surface area contributed by atoms with Crippen molar-refractivity contribution in [1.29, 1.82) is 0 Å². The maximum atomic E-state index is 13.2. The number of carbonyl (C=O) groups is 3. The normalized spacial score (nSPS) is 27.0. The van der Waals surface area contributed by atoms with Gasteiger partial charge in [-0.3, -0.25) is 9.59 Å². The Balaban J connectivity index is 1.30. The first-order valence-corrected chi connectivity index (χ1v) is 20.4. The highest BCUT2D eigenvalue weighted by molar-refractivity contribution is 5.81. The Morgan fingerprint density at radius 3 is 1.70 bits per heavy atom. The molecule has 0 amide bonds. The molecule has 0 aromatic rings. The van der Waals surface area contributed by atoms with Crippen molar-refractivity contribution in [1.82, 2.24) is 0 Å². The number of unbranched alkanes of at least 4 members (excludes halogenated alkanes) is 8. The van der Waals surface area contributed by atoms with Crippen LogP contribution >= 0.6 is 0 Å². The molecule has 9 heteroatoms. The number of ether oxygens (including phenoxy) is 6. The van der Waals surface area contributed by atoms with Crippen molar-refractivity contribution in [2.24, 2.45) is 17.8 Å². The molecule has 0 aromatic carbocycles. The van der Waals surface area contributed by atoms with Crippen LogP contribution in [0.2, 0.25) is 0 Å². The molecule has 0 bridgehead atoms. The Kier molecular flexibility index (Phi) is 22.0. The zero-order valence-electron chi connectivity index (χ0n) is 31.6. The first kappa shape index (κ1) is 42.4. The predicted molar refractivity (Wildman–Crippen MR) is 195 cm³/mol. The van der Waals surface area contributed by atoms with Gasteiger partial charge in [-0.25, -0.2) is 4.79 Å². The van der Waals surface area contributed by atoms with Crippen molar-refractivity contribution in [3.63, 3.8) is 0 Å². The molecule has 3 unspecified atom stereocenters. The summed E-state index contributed by atoms with van der Waals surface area (Å²) in [4.78, 5) is 37.5. The number of hydrogen-bond acceptors (Lipinski definition) is 9. The van der Waals surface area contributed by atoms with Crippen LogP contribution in [0, 0.1) is 17.8 Å². The Labute approximate surface area is 303 Å². The van der Waals surface area contributed by atoms with Crippen LogP contribution in [0.25, 0.3) is 0 Å². The van der Waals surface area contributed by atoms with E-state index in [1.165, 1.54) is 31.8 Å². The van der Waals surface area contributed by atoms with Crippen LogP contribution in [0.5, 0.6) is 0 Å². The number of hydrogen-bond donors (Lipinski definition) is 0. The highest BCUT2D eigenvalue weighted by Crippen LogP contribution is 2.33. The molecule has 3 aliphatic carbocycles. The second kappa shape index (κ2) is 25.9. The minimum absolute atomic E-state index is 0.113. The summed E-state index contributed by atoms with van der Waals surface area (Å²) in [6.07, 6.45) is 22.6. The van der Waals surface area contributed by atoms with Gasteiger partial charge in [0.25, 0.3) is 0 Å². The van der Waals surface area contributed by atoms with Gasteiger partial charge in [0, 0.05) is 32.3 Å². The SMILES string of the molecule is C=CC(=O)OCCCCCCOC1CCC(C(=O)OC2CCC(OCCCCCCOC3CCC(C)CC3)C(C(=O)OCCCCC)C2)CC1. The molecule has 0 N–H and O–H groups in total. The highest BCUT2D eigenvalue weighted by Gasteiger charge is 2.39. The summed E-state index contributed by atoms with van der Waals surface area (Å²) < 4.78 is 35.2. The zero-order chi connectivity index (χ0) is 35.8. The molecule has 9 nitrogen and oxygen atoms in total. The molecule has 3 aliphatic rings. The van der Waals surface area contributed by atoms with Crippen molar-refractivity contribution in [2.75, 3.05) is 33.0 Å². The van der Waals surface area contributed by atoms with E-state index in [9.17, 15) is 14.4 Å². The van der Waals surface area contributed by atoms with Crippen LogP contribution in [-0.2, 0) is 42.8 Å². The molecule has 0 spiro atoms. The average Bonchev–Trinajstić information content (AvgIpc) is 3.13. The standard InChI is InChI=1S/C41H70O9/c1-4-6-11-30-49-41(44)37-31-36(24-25-38(37)47-28-14-9-7-12-26-45-34-20-16-32(3)17-21-34)50-40(43)33-18-22-35(23-19-33)46-27-13-8-10-15-29-48-39(42)5-2/h5,32-38H,2,4,6-31H2,1,3H3. The second-order valence-electron chi connectivity index (χ2n) is 15.1. The van der Waals surface area contributed by atoms with Crippen molar-refractivity contribution < 1.29 is 42.8 Å². The van der Waals surface area contributed by atoms with E-state index in [0.29, 0.717) is 51.8 Å². The minimum atomic E-state index is -0.402. The van der Waals surface area contributed by atoms with Gasteiger partial charge < -0.3 is 28.4 Å². The van der Waals surface area contributed by atoms with E-state index in [1.807, 2.05) is 0 Å². The van der Waals surface area contributed by atoms with E-state index < -0.39 is 5.92 Å². The van der Waals surface area contributed by atoms with Gasteiger partial charge in [0.2, 0.25) is 0 Å². The molecule has 0 aromatic heterocycles. The smallest absolute Gasteiger partial charge is 0.330 e. The third-order valence-electron chi connectivity index (χ3n) is 10.8. The zero-order valence-corrected chi connectivity index (χ0v) is 31.6. The topological polar surface area (TPSA) is 107 Å². The predicted octanol–water partition coefficient (Wildman–Crippen LogP) is 8.84. The van der Waals surface area contributed by atoms with Crippen LogP contribution in [0.1, 0.15) is 155 Å². The fourth-order valence-electron chi connectivity index (χ4n) is 7.49. The van der Waals surface area contributed by atoms with Gasteiger partial charge in [-0.1, -0.05) is 52.5 Å². The summed E-state index contributed by atoms with van der Waals surface area (Å²) in [5, 5.41) is 0. The van der Waals surface area contributed by atoms with E-state index in [-0.39, 0.29) is 42.1 Å². The summed E-state index contributed by atoms with van der Waals surface area (Å²) in [6, 6.07) is 0. The van der Waals surface area contributed by atoms with Crippen LogP contribution in [0.3, 0.4) is 0 Å². The monoisotopic (exact) mass is 707 g/mol. The lowest BCUT2D eigenvalue weighted by atomic mass is 9.84.